The van der Waals surface area contributed by atoms with Crippen LogP contribution >= 0.6 is 0 Å². The van der Waals surface area contributed by atoms with Crippen LogP contribution < -0.4 is 10.2 Å². The predicted molar refractivity (Wildman–Crippen MR) is 89.9 cm³/mol. The predicted octanol–water partition coefficient (Wildman–Crippen LogP) is 3.47. The second-order valence-corrected chi connectivity index (χ2v) is 6.35. The van der Waals surface area contributed by atoms with E-state index >= 15 is 0 Å². The lowest BCUT2D eigenvalue weighted by molar-refractivity contribution is -0.119. The monoisotopic (exact) mass is 324 g/mol. The Labute approximate surface area is 139 Å². The number of carbonyl (C=O) groups is 2. The number of nitrogens with zero attached hydrogens (tertiary/aromatic N) is 1. The van der Waals surface area contributed by atoms with Crippen LogP contribution in [-0.2, 0) is 11.2 Å². The molecule has 0 spiro atoms. The van der Waals surface area contributed by atoms with Gasteiger partial charge in [-0.15, -0.1) is 0 Å². The van der Waals surface area contributed by atoms with Crippen LogP contribution in [0.5, 0.6) is 0 Å². The molecule has 4 nitrogen and oxygen atoms in total. The van der Waals surface area contributed by atoms with E-state index in [-0.39, 0.29) is 23.5 Å². The Balaban J connectivity index is 1.67. The Kier molecular flexibility index (Phi) is 3.37. The fraction of sp³-hybridized carbons (Fsp3) is 0.263. The van der Waals surface area contributed by atoms with Crippen molar-refractivity contribution in [2.45, 2.75) is 25.7 Å². The number of hydrogen-bond donors (Lipinski definition) is 1. The Bertz CT molecular complexity index is 845. The summed E-state index contributed by atoms with van der Waals surface area (Å²) in [6, 6.07) is 9.26. The van der Waals surface area contributed by atoms with Gasteiger partial charge in [-0.25, -0.2) is 4.39 Å². The van der Waals surface area contributed by atoms with E-state index in [4.69, 9.17) is 0 Å². The number of amides is 2. The molecule has 2 aromatic carbocycles. The highest BCUT2D eigenvalue weighted by atomic mass is 19.1. The molecule has 0 unspecified atom stereocenters. The third kappa shape index (κ3) is 2.28. The van der Waals surface area contributed by atoms with Crippen LogP contribution in [0.25, 0.3) is 0 Å². The van der Waals surface area contributed by atoms with Crippen molar-refractivity contribution >= 4 is 23.2 Å². The highest BCUT2D eigenvalue weighted by molar-refractivity contribution is 6.08. The lowest BCUT2D eigenvalue weighted by atomic mass is 9.96. The quantitative estimate of drug-likeness (QED) is 0.919. The average Bonchev–Trinajstić information content (AvgIpc) is 2.82. The van der Waals surface area contributed by atoms with E-state index in [0.717, 1.165) is 36.2 Å². The van der Waals surface area contributed by atoms with Crippen LogP contribution in [0.3, 0.4) is 0 Å². The van der Waals surface area contributed by atoms with Gasteiger partial charge in [-0.05, 0) is 67.3 Å². The summed E-state index contributed by atoms with van der Waals surface area (Å²) < 4.78 is 13.0. The van der Waals surface area contributed by atoms with E-state index in [2.05, 4.69) is 5.32 Å². The molecule has 0 aromatic heterocycles. The molecule has 24 heavy (non-hydrogen) atoms. The van der Waals surface area contributed by atoms with E-state index < -0.39 is 0 Å². The number of hydrogen-bond acceptors (Lipinski definition) is 2. The zero-order valence-electron chi connectivity index (χ0n) is 13.3. The van der Waals surface area contributed by atoms with Crippen LogP contribution in [0, 0.1) is 5.82 Å². The van der Waals surface area contributed by atoms with Crippen molar-refractivity contribution in [3.8, 4) is 0 Å². The standard InChI is InChI=1S/C19H17FN2O2/c1-11-16-10-15(21-18(23)12-4-6-14(20)7-5-12)9-13-3-2-8-22(17(13)16)19(11)24/h4-7,9-11H,2-3,8H2,1H3,(H,21,23)/t11-/m0/s1. The molecular formula is C19H17FN2O2. The largest absolute Gasteiger partial charge is 0.322 e. The molecule has 0 aliphatic carbocycles. The lowest BCUT2D eigenvalue weighted by Crippen LogP contribution is -2.32. The van der Waals surface area contributed by atoms with Crippen molar-refractivity contribution in [2.24, 2.45) is 0 Å². The maximum absolute atomic E-state index is 13.0. The van der Waals surface area contributed by atoms with Crippen molar-refractivity contribution in [3.05, 3.63) is 58.9 Å². The van der Waals surface area contributed by atoms with Gasteiger partial charge in [0, 0.05) is 17.8 Å². The number of carbonyl (C=O) groups excluding carboxylic acids is 2. The summed E-state index contributed by atoms with van der Waals surface area (Å²) in [7, 11) is 0. The van der Waals surface area contributed by atoms with E-state index in [1.807, 2.05) is 24.0 Å². The van der Waals surface area contributed by atoms with E-state index in [1.54, 1.807) is 0 Å². The van der Waals surface area contributed by atoms with Crippen LogP contribution in [-0.4, -0.2) is 18.4 Å². The molecular weight excluding hydrogens is 307 g/mol. The highest BCUT2D eigenvalue weighted by Gasteiger charge is 2.37. The minimum Gasteiger partial charge on any atom is -0.322 e. The van der Waals surface area contributed by atoms with Gasteiger partial charge >= 0.3 is 0 Å². The van der Waals surface area contributed by atoms with Gasteiger partial charge in [0.25, 0.3) is 5.91 Å². The summed E-state index contributed by atoms with van der Waals surface area (Å²) in [4.78, 5) is 26.6. The van der Waals surface area contributed by atoms with E-state index in [1.165, 1.54) is 24.3 Å². The van der Waals surface area contributed by atoms with Crippen LogP contribution in [0.1, 0.15) is 40.7 Å². The Morgan fingerprint density at radius 1 is 1.25 bits per heavy atom. The van der Waals surface area contributed by atoms with Gasteiger partial charge in [-0.1, -0.05) is 0 Å². The maximum atomic E-state index is 13.0. The maximum Gasteiger partial charge on any atom is 0.255 e. The van der Waals surface area contributed by atoms with Crippen LogP contribution in [0.15, 0.2) is 36.4 Å². The van der Waals surface area contributed by atoms with E-state index in [0.29, 0.717) is 11.3 Å². The first kappa shape index (κ1) is 14.9. The number of nitrogens with one attached hydrogen (secondary N) is 1. The molecule has 1 atom stereocenters. The molecule has 0 fully saturated rings. The summed E-state index contributed by atoms with van der Waals surface area (Å²) in [5.74, 6) is -0.708. The zero-order chi connectivity index (χ0) is 16.8. The molecule has 2 aliphatic rings. The molecule has 1 N–H and O–H groups in total. The van der Waals surface area contributed by atoms with Gasteiger partial charge in [-0.2, -0.15) is 0 Å². The molecule has 5 heteroatoms. The lowest BCUT2D eigenvalue weighted by Gasteiger charge is -2.26. The molecule has 0 bridgehead atoms. The number of anilines is 2. The zero-order valence-corrected chi connectivity index (χ0v) is 13.3. The van der Waals surface area contributed by atoms with Crippen LogP contribution in [0.4, 0.5) is 15.8 Å². The number of benzene rings is 2. The van der Waals surface area contributed by atoms with Gasteiger partial charge < -0.3 is 10.2 Å². The molecule has 122 valence electrons. The molecule has 4 rings (SSSR count). The minimum atomic E-state index is -0.374. The van der Waals surface area contributed by atoms with E-state index in [9.17, 15) is 14.0 Å². The van der Waals surface area contributed by atoms with Crippen LogP contribution in [0.2, 0.25) is 0 Å². The Morgan fingerprint density at radius 3 is 2.75 bits per heavy atom. The molecule has 2 aromatic rings. The Morgan fingerprint density at radius 2 is 2.00 bits per heavy atom. The van der Waals surface area contributed by atoms with Gasteiger partial charge in [0.2, 0.25) is 5.91 Å². The molecule has 0 saturated carbocycles. The topological polar surface area (TPSA) is 49.4 Å². The summed E-state index contributed by atoms with van der Waals surface area (Å²) in [5.41, 5.74) is 4.19. The molecule has 2 amide bonds. The SMILES string of the molecule is C[C@@H]1C(=O)N2CCCc3cc(NC(=O)c4ccc(F)cc4)cc1c32. The first-order valence-electron chi connectivity index (χ1n) is 8.09. The normalized spacial score (nSPS) is 18.5. The average molecular weight is 324 g/mol. The molecule has 2 heterocycles. The summed E-state index contributed by atoms with van der Waals surface area (Å²) in [6.45, 7) is 2.67. The van der Waals surface area contributed by atoms with Gasteiger partial charge in [0.1, 0.15) is 5.82 Å². The third-order valence-electron chi connectivity index (χ3n) is 4.78. The van der Waals surface area contributed by atoms with Crippen molar-refractivity contribution in [2.75, 3.05) is 16.8 Å². The van der Waals surface area contributed by atoms with Gasteiger partial charge in [-0.3, -0.25) is 9.59 Å². The van der Waals surface area contributed by atoms with Gasteiger partial charge in [0.15, 0.2) is 0 Å². The fourth-order valence-corrected chi connectivity index (χ4v) is 3.57. The molecule has 2 aliphatic heterocycles. The molecule has 0 radical (unpaired) electrons. The van der Waals surface area contributed by atoms with Crippen molar-refractivity contribution < 1.29 is 14.0 Å². The smallest absolute Gasteiger partial charge is 0.255 e. The minimum absolute atomic E-state index is 0.132. The molecule has 0 saturated heterocycles. The number of rotatable bonds is 2. The fourth-order valence-electron chi connectivity index (χ4n) is 3.57. The van der Waals surface area contributed by atoms with Crippen molar-refractivity contribution in [1.82, 2.24) is 0 Å². The summed E-state index contributed by atoms with van der Waals surface area (Å²) >= 11 is 0. The number of halogens is 1. The third-order valence-corrected chi connectivity index (χ3v) is 4.78. The van der Waals surface area contributed by atoms with Gasteiger partial charge in [0.05, 0.1) is 11.6 Å². The second-order valence-electron chi connectivity index (χ2n) is 6.35. The first-order valence-corrected chi connectivity index (χ1v) is 8.09. The summed E-state index contributed by atoms with van der Waals surface area (Å²) in [5, 5.41) is 2.87. The summed E-state index contributed by atoms with van der Waals surface area (Å²) in [6.07, 6.45) is 1.83. The second kappa shape index (κ2) is 5.44. The highest BCUT2D eigenvalue weighted by Crippen LogP contribution is 2.44. The number of aryl methyl sites for hydroxylation is 1. The van der Waals surface area contributed by atoms with Crippen molar-refractivity contribution in [3.63, 3.8) is 0 Å². The Hall–Kier alpha value is -2.69. The van der Waals surface area contributed by atoms with Crippen molar-refractivity contribution in [1.29, 1.82) is 0 Å². The first-order chi connectivity index (χ1) is 11.5.